The van der Waals surface area contributed by atoms with E-state index in [1.165, 1.54) is 33.6 Å². The maximum atomic E-state index is 13.2. The Morgan fingerprint density at radius 2 is 2.05 bits per heavy atom. The highest BCUT2D eigenvalue weighted by Gasteiger charge is 2.54. The fourth-order valence-electron chi connectivity index (χ4n) is 3.57. The van der Waals surface area contributed by atoms with Crippen molar-refractivity contribution in [3.05, 3.63) is 39.0 Å². The Bertz CT molecular complexity index is 1440. The van der Waals surface area contributed by atoms with E-state index >= 15 is 0 Å². The van der Waals surface area contributed by atoms with Gasteiger partial charge in [-0.2, -0.15) is 0 Å². The number of nitrogens with one attached hydrogen (secondary N) is 1. The van der Waals surface area contributed by atoms with Crippen LogP contribution in [0.15, 0.2) is 27.9 Å². The molecule has 0 aromatic carbocycles. The zero-order valence-corrected chi connectivity index (χ0v) is 24.2. The van der Waals surface area contributed by atoms with Gasteiger partial charge in [-0.15, -0.1) is 28.2 Å². The fraction of sp³-hybridized carbons (Fsp3) is 0.391. The van der Waals surface area contributed by atoms with E-state index in [-0.39, 0.29) is 22.3 Å². The Morgan fingerprint density at radius 1 is 1.30 bits per heavy atom. The zero-order chi connectivity index (χ0) is 29.2. The van der Waals surface area contributed by atoms with Crippen molar-refractivity contribution in [2.75, 3.05) is 18.3 Å². The summed E-state index contributed by atoms with van der Waals surface area (Å²) in [6.45, 7) is 6.18. The highest BCUT2D eigenvalue weighted by molar-refractivity contribution is 8.00. The molecule has 2 amide bonds. The number of thioether (sulfide) groups is 1. The van der Waals surface area contributed by atoms with Crippen LogP contribution in [0.2, 0.25) is 0 Å². The van der Waals surface area contributed by atoms with Crippen LogP contribution in [-0.2, 0) is 28.7 Å². The van der Waals surface area contributed by atoms with Gasteiger partial charge in [-0.1, -0.05) is 15.7 Å². The van der Waals surface area contributed by atoms with Gasteiger partial charge < -0.3 is 25.7 Å². The van der Waals surface area contributed by atoms with Crippen molar-refractivity contribution in [3.63, 3.8) is 0 Å². The van der Waals surface area contributed by atoms with Gasteiger partial charge in [0.15, 0.2) is 10.8 Å². The number of amides is 2. The second-order valence-corrected chi connectivity index (χ2v) is 12.5. The minimum Gasteiger partial charge on any atom is -0.427 e. The first-order valence-electron chi connectivity index (χ1n) is 11.7. The van der Waals surface area contributed by atoms with Crippen LogP contribution in [-0.4, -0.2) is 78.1 Å². The minimum absolute atomic E-state index is 0.0496. The molecule has 4 N–H and O–H groups in total. The summed E-state index contributed by atoms with van der Waals surface area (Å²) in [5.41, 5.74) is 5.46. The van der Waals surface area contributed by atoms with Gasteiger partial charge in [-0.05, 0) is 50.9 Å². The van der Waals surface area contributed by atoms with Gasteiger partial charge in [0, 0.05) is 16.0 Å². The molecule has 0 spiro atoms. The van der Waals surface area contributed by atoms with Crippen molar-refractivity contribution in [1.82, 2.24) is 24.8 Å². The maximum absolute atomic E-state index is 13.2. The summed E-state index contributed by atoms with van der Waals surface area (Å²) in [5.74, 6) is -2.59. The number of ether oxygens (including phenoxy) is 2. The molecule has 0 bridgehead atoms. The first-order chi connectivity index (χ1) is 18.9. The molecule has 40 heavy (non-hydrogen) atoms. The Hall–Kier alpha value is -3.83. The molecule has 14 nitrogen and oxygen atoms in total. The van der Waals surface area contributed by atoms with Gasteiger partial charge in [0.05, 0.1) is 5.41 Å². The molecule has 2 aliphatic rings. The monoisotopic (exact) mass is 607 g/mol. The number of hydrogen-bond acceptors (Lipinski definition) is 15. The second-order valence-electron chi connectivity index (χ2n) is 9.53. The number of fused-ring (bicyclic) bond motifs is 1. The number of nitrogen functional groups attached to an aromatic ring is 1. The molecular weight excluding hydrogens is 582 g/mol. The number of aromatic nitrogens is 3. The van der Waals surface area contributed by atoms with Crippen LogP contribution in [0, 0.1) is 12.3 Å². The Kier molecular flexibility index (Phi) is 8.55. The molecule has 2 aromatic heterocycles. The van der Waals surface area contributed by atoms with E-state index in [0.717, 1.165) is 16.2 Å². The molecule has 0 aliphatic carbocycles. The van der Waals surface area contributed by atoms with Gasteiger partial charge in [0.1, 0.15) is 28.5 Å². The number of nitrogens with two attached hydrogens (primary N) is 1. The molecule has 0 saturated carbocycles. The van der Waals surface area contributed by atoms with Gasteiger partial charge in [0.2, 0.25) is 6.79 Å². The normalized spacial score (nSPS) is 19.4. The molecule has 4 heterocycles. The number of oxime groups is 1. The van der Waals surface area contributed by atoms with Crippen molar-refractivity contribution in [2.45, 2.75) is 39.1 Å². The largest absolute Gasteiger partial charge is 0.427 e. The van der Waals surface area contributed by atoms with Gasteiger partial charge in [0.25, 0.3) is 11.8 Å². The number of allylic oxidation sites excluding steroid dienone is 1. The third-order valence-electron chi connectivity index (χ3n) is 5.68. The first kappa shape index (κ1) is 29.2. The van der Waals surface area contributed by atoms with Crippen molar-refractivity contribution in [1.29, 1.82) is 0 Å². The van der Waals surface area contributed by atoms with Crippen molar-refractivity contribution in [2.24, 2.45) is 10.6 Å². The molecule has 1 saturated heterocycles. The zero-order valence-electron chi connectivity index (χ0n) is 21.7. The van der Waals surface area contributed by atoms with Crippen LogP contribution in [0.4, 0.5) is 5.13 Å². The Balaban J connectivity index is 1.54. The first-order valence-corrected chi connectivity index (χ1v) is 14.4. The summed E-state index contributed by atoms with van der Waals surface area (Å²) in [6, 6.07) is -1.03. The summed E-state index contributed by atoms with van der Waals surface area (Å²) in [7, 11) is 0. The number of esters is 2. The van der Waals surface area contributed by atoms with Crippen LogP contribution in [0.25, 0.3) is 6.08 Å². The second kappa shape index (κ2) is 11.7. The number of β-lactam (4-membered cyclic amide) rings is 1. The summed E-state index contributed by atoms with van der Waals surface area (Å²) in [6.07, 6.45) is 3.32. The lowest BCUT2D eigenvalue weighted by Crippen LogP contribution is -2.71. The molecule has 2 aromatic rings. The molecule has 2 aliphatic heterocycles. The number of rotatable bonds is 8. The Morgan fingerprint density at radius 3 is 2.65 bits per heavy atom. The SMILES string of the molecule is Cc1snnc1/C=C\C1=C(C(=O)OCOC(=O)C(C)(C)C)N2C(=O)C(NC(=O)/C(=N\O)c3csc(N)n3)[C@H]2SC1. The van der Waals surface area contributed by atoms with Crippen LogP contribution < -0.4 is 11.1 Å². The highest BCUT2D eigenvalue weighted by Crippen LogP contribution is 2.41. The van der Waals surface area contributed by atoms with E-state index in [1.54, 1.807) is 32.9 Å². The lowest BCUT2D eigenvalue weighted by Gasteiger charge is -2.49. The molecule has 0 radical (unpaired) electrons. The average Bonchev–Trinajstić information content (AvgIpc) is 3.52. The molecule has 17 heteroatoms. The third-order valence-corrected chi connectivity index (χ3v) is 8.30. The van der Waals surface area contributed by atoms with E-state index in [2.05, 4.69) is 25.0 Å². The quantitative estimate of drug-likeness (QED) is 0.0977. The molecule has 212 valence electrons. The molecular formula is C23H25N7O7S3. The van der Waals surface area contributed by atoms with Gasteiger partial charge in [-0.25, -0.2) is 9.78 Å². The number of aryl methyl sites for hydroxylation is 1. The fourth-order valence-corrected chi connectivity index (χ4v) is 5.89. The van der Waals surface area contributed by atoms with Crippen molar-refractivity contribution < 1.29 is 33.9 Å². The lowest BCUT2D eigenvalue weighted by atomic mass is 9.98. The number of carbonyl (C=O) groups is 4. The number of nitrogens with zero attached hydrogens (tertiary/aromatic N) is 5. The van der Waals surface area contributed by atoms with E-state index in [0.29, 0.717) is 11.3 Å². The molecule has 1 fully saturated rings. The summed E-state index contributed by atoms with van der Waals surface area (Å²) < 4.78 is 14.1. The van der Waals surface area contributed by atoms with Crippen molar-refractivity contribution in [3.8, 4) is 0 Å². The summed E-state index contributed by atoms with van der Waals surface area (Å²) >= 11 is 3.58. The molecule has 4 rings (SSSR count). The predicted molar refractivity (Wildman–Crippen MR) is 147 cm³/mol. The van der Waals surface area contributed by atoms with E-state index < -0.39 is 53.1 Å². The third kappa shape index (κ3) is 6.00. The Labute approximate surface area is 240 Å². The smallest absolute Gasteiger partial charge is 0.358 e. The summed E-state index contributed by atoms with van der Waals surface area (Å²) in [5, 5.41) is 19.9. The number of carbonyl (C=O) groups excluding carboxylic acids is 4. The number of hydrogen-bond donors (Lipinski definition) is 3. The summed E-state index contributed by atoms with van der Waals surface area (Å²) in [4.78, 5) is 57.3. The standard InChI is InChI=1S/C23H25N7O7S3/c1-10-12(27-29-40-10)6-5-11-7-38-19-15(26-17(31)14(28-35)13-8-39-22(24)25-13)18(32)30(19)16(11)20(33)36-9-37-21(34)23(2,3)4/h5-6,8,15,19,35H,7,9H2,1-4H3,(H2,24,25)(H,26,31)/b6-5-,28-14-/t15?,19-/m1/s1. The van der Waals surface area contributed by atoms with E-state index in [9.17, 15) is 24.4 Å². The van der Waals surface area contributed by atoms with Gasteiger partial charge >= 0.3 is 11.9 Å². The number of thiazole rings is 1. The average molecular weight is 608 g/mol. The topological polar surface area (TPSA) is 199 Å². The highest BCUT2D eigenvalue weighted by atomic mass is 32.2. The van der Waals surface area contributed by atoms with E-state index in [4.69, 9.17) is 15.2 Å². The van der Waals surface area contributed by atoms with E-state index in [1.807, 2.05) is 6.92 Å². The maximum Gasteiger partial charge on any atom is 0.358 e. The van der Waals surface area contributed by atoms with Gasteiger partial charge in [-0.3, -0.25) is 19.3 Å². The number of anilines is 1. The lowest BCUT2D eigenvalue weighted by molar-refractivity contribution is -0.173. The van der Waals surface area contributed by atoms with Crippen LogP contribution >= 0.6 is 34.6 Å². The minimum atomic E-state index is -1.03. The molecule has 1 unspecified atom stereocenters. The van der Waals surface area contributed by atoms with Crippen molar-refractivity contribution >= 4 is 75.3 Å². The molecule has 2 atom stereocenters. The van der Waals surface area contributed by atoms with Crippen LogP contribution in [0.1, 0.15) is 37.0 Å². The van der Waals surface area contributed by atoms with Crippen LogP contribution in [0.3, 0.4) is 0 Å². The van der Waals surface area contributed by atoms with Crippen LogP contribution in [0.5, 0.6) is 0 Å². The predicted octanol–water partition coefficient (Wildman–Crippen LogP) is 1.52.